The van der Waals surface area contributed by atoms with Crippen molar-refractivity contribution < 1.29 is 9.84 Å². The summed E-state index contributed by atoms with van der Waals surface area (Å²) in [4.78, 5) is 10.7. The highest BCUT2D eigenvalue weighted by Gasteiger charge is 2.35. The van der Waals surface area contributed by atoms with E-state index in [1.165, 1.54) is 11.5 Å². The van der Waals surface area contributed by atoms with Gasteiger partial charge in [0.05, 0.1) is 24.9 Å². The van der Waals surface area contributed by atoms with Gasteiger partial charge in [0, 0.05) is 6.54 Å². The van der Waals surface area contributed by atoms with E-state index in [-0.39, 0.29) is 18.2 Å². The number of aliphatic hydroxyl groups is 1. The molecule has 4 aliphatic carbocycles. The molecule has 6 heteroatoms. The first-order chi connectivity index (χ1) is 14.6. The second kappa shape index (κ2) is 10.8. The summed E-state index contributed by atoms with van der Waals surface area (Å²) >= 11 is 0. The third-order valence-electron chi connectivity index (χ3n) is 8.91. The maximum absolute atomic E-state index is 12.6. The van der Waals surface area contributed by atoms with Gasteiger partial charge < -0.3 is 20.1 Å². The summed E-state index contributed by atoms with van der Waals surface area (Å²) < 4.78 is 6.12. The zero-order valence-corrected chi connectivity index (χ0v) is 18.5. The molecule has 0 radical (unpaired) electrons. The summed E-state index contributed by atoms with van der Waals surface area (Å²) in [5.74, 6) is 2.87. The highest BCUT2D eigenvalue weighted by atomic mass is 16.5. The Balaban J connectivity index is 1.11. The largest absolute Gasteiger partial charge is 0.785 e. The Morgan fingerprint density at radius 3 is 2.10 bits per heavy atom. The lowest BCUT2D eigenvalue weighted by atomic mass is 9.69. The Kier molecular flexibility index (Phi) is 8.18. The number of ether oxygens (including phenoxy) is 1. The van der Waals surface area contributed by atoms with E-state index in [1.807, 2.05) is 0 Å². The van der Waals surface area contributed by atoms with E-state index >= 15 is 0 Å². The van der Waals surface area contributed by atoms with Crippen LogP contribution >= 0.6 is 0 Å². The van der Waals surface area contributed by atoms with Crippen LogP contribution < -0.4 is 0 Å². The predicted octanol–water partition coefficient (Wildman–Crippen LogP) is 5.02. The van der Waals surface area contributed by atoms with Crippen LogP contribution in [0, 0.1) is 33.8 Å². The lowest BCUT2D eigenvalue weighted by Gasteiger charge is -2.44. The van der Waals surface area contributed by atoms with Crippen molar-refractivity contribution in [3.05, 3.63) is 10.1 Å². The van der Waals surface area contributed by atoms with E-state index in [2.05, 4.69) is 5.18 Å². The number of nitroso groups, excluding NO2 is 1. The van der Waals surface area contributed by atoms with Crippen LogP contribution in [-0.2, 0) is 4.74 Å². The number of rotatable bonds is 7. The van der Waals surface area contributed by atoms with E-state index in [0.29, 0.717) is 31.1 Å². The predicted molar refractivity (Wildman–Crippen MR) is 118 cm³/mol. The molecule has 1 N–H and O–H groups in total. The van der Waals surface area contributed by atoms with Gasteiger partial charge in [-0.05, 0) is 120 Å². The van der Waals surface area contributed by atoms with Crippen molar-refractivity contribution in [3.8, 4) is 0 Å². The van der Waals surface area contributed by atoms with Gasteiger partial charge >= 0.3 is 0 Å². The Morgan fingerprint density at radius 2 is 1.40 bits per heavy atom. The molecule has 4 fully saturated rings. The van der Waals surface area contributed by atoms with Gasteiger partial charge in [0.2, 0.25) is 0 Å². The summed E-state index contributed by atoms with van der Waals surface area (Å²) in [6.45, 7) is 1.05. The standard InChI is InChI=1S/C24H41N2O4/c27-23-11-5-20-16-24(12-6-19(20)15-23)30-14-13-26(29)22-9-3-18(4-10-22)17-1-7-21(25-28)8-2-17/h17-24,27H,1-16H2/q-1. The molecule has 30 heavy (non-hydrogen) atoms. The Morgan fingerprint density at radius 1 is 0.800 bits per heavy atom. The minimum atomic E-state index is -0.0868. The molecular formula is C24H41N2O4-. The molecule has 0 heterocycles. The van der Waals surface area contributed by atoms with E-state index in [9.17, 15) is 15.2 Å². The summed E-state index contributed by atoms with van der Waals surface area (Å²) in [5, 5.41) is 27.0. The summed E-state index contributed by atoms with van der Waals surface area (Å²) in [6.07, 6.45) is 15.2. The second-order valence-corrected chi connectivity index (χ2v) is 10.7. The van der Waals surface area contributed by atoms with Gasteiger partial charge in [0.15, 0.2) is 0 Å². The normalized spacial score (nSPS) is 42.6. The van der Waals surface area contributed by atoms with E-state index < -0.39 is 0 Å². The third kappa shape index (κ3) is 5.81. The quantitative estimate of drug-likeness (QED) is 0.461. The van der Waals surface area contributed by atoms with Crippen LogP contribution in [0.1, 0.15) is 89.9 Å². The lowest BCUT2D eigenvalue weighted by Crippen LogP contribution is -2.39. The molecule has 0 aromatic heterocycles. The lowest BCUT2D eigenvalue weighted by molar-refractivity contribution is -0.0371. The van der Waals surface area contributed by atoms with Crippen LogP contribution in [0.25, 0.3) is 0 Å². The molecule has 0 aliphatic heterocycles. The topological polar surface area (TPSA) is 85.2 Å². The second-order valence-electron chi connectivity index (χ2n) is 10.7. The fourth-order valence-corrected chi connectivity index (χ4v) is 7.00. The molecule has 0 bridgehead atoms. The number of nitrogens with zero attached hydrogens (tertiary/aromatic N) is 2. The molecule has 4 unspecified atom stereocenters. The van der Waals surface area contributed by atoms with Gasteiger partial charge in [-0.25, -0.2) is 0 Å². The van der Waals surface area contributed by atoms with E-state index in [4.69, 9.17) is 4.74 Å². The summed E-state index contributed by atoms with van der Waals surface area (Å²) in [7, 11) is 0. The van der Waals surface area contributed by atoms with Gasteiger partial charge in [-0.2, -0.15) is 4.91 Å². The van der Waals surface area contributed by atoms with Crippen molar-refractivity contribution in [3.63, 3.8) is 0 Å². The van der Waals surface area contributed by atoms with Gasteiger partial charge in [-0.15, -0.1) is 0 Å². The fourth-order valence-electron chi connectivity index (χ4n) is 7.00. The molecule has 0 spiro atoms. The monoisotopic (exact) mass is 421 g/mol. The molecule has 4 aliphatic rings. The summed E-state index contributed by atoms with van der Waals surface area (Å²) in [6, 6.07) is 0.211. The Hall–Kier alpha value is -0.560. The van der Waals surface area contributed by atoms with Crippen LogP contribution in [0.15, 0.2) is 5.18 Å². The highest BCUT2D eigenvalue weighted by molar-refractivity contribution is 4.88. The average Bonchev–Trinajstić information content (AvgIpc) is 2.79. The number of hydrogen-bond acceptors (Lipinski definition) is 6. The highest BCUT2D eigenvalue weighted by Crippen LogP contribution is 2.42. The maximum atomic E-state index is 12.6. The number of hydrogen-bond donors (Lipinski definition) is 1. The van der Waals surface area contributed by atoms with Crippen LogP contribution in [0.4, 0.5) is 0 Å². The zero-order valence-electron chi connectivity index (χ0n) is 18.5. The van der Waals surface area contributed by atoms with Crippen molar-refractivity contribution in [1.82, 2.24) is 5.06 Å². The van der Waals surface area contributed by atoms with E-state index in [0.717, 1.165) is 95.3 Å². The molecular weight excluding hydrogens is 380 g/mol. The molecule has 4 saturated carbocycles. The van der Waals surface area contributed by atoms with Crippen LogP contribution in [0.5, 0.6) is 0 Å². The maximum Gasteiger partial charge on any atom is 0.0920 e. The molecule has 172 valence electrons. The number of aliphatic hydroxyl groups excluding tert-OH is 1. The molecule has 0 saturated heterocycles. The minimum absolute atomic E-state index is 0.0504. The van der Waals surface area contributed by atoms with Crippen molar-refractivity contribution in [1.29, 1.82) is 0 Å². The molecule has 0 aromatic rings. The summed E-state index contributed by atoms with van der Waals surface area (Å²) in [5.41, 5.74) is 0. The average molecular weight is 422 g/mol. The first-order valence-electron chi connectivity index (χ1n) is 12.7. The molecule has 6 nitrogen and oxygen atoms in total. The smallest absolute Gasteiger partial charge is 0.0920 e. The first-order valence-corrected chi connectivity index (χ1v) is 12.7. The van der Waals surface area contributed by atoms with E-state index in [1.54, 1.807) is 0 Å². The van der Waals surface area contributed by atoms with Crippen molar-refractivity contribution in [2.24, 2.45) is 28.8 Å². The molecule has 4 atom stereocenters. The van der Waals surface area contributed by atoms with Crippen molar-refractivity contribution >= 4 is 0 Å². The zero-order chi connectivity index (χ0) is 20.9. The van der Waals surface area contributed by atoms with Gasteiger partial charge in [-0.1, -0.05) is 5.18 Å². The third-order valence-corrected chi connectivity index (χ3v) is 8.91. The fraction of sp³-hybridized carbons (Fsp3) is 1.00. The SMILES string of the molecule is O=NC1CCC(C2CCC(N([O-])CCOC3CCC4CC(O)CCC4C3)CC2)CC1. The number of hydroxylamine groups is 2. The van der Waals surface area contributed by atoms with Crippen molar-refractivity contribution in [2.75, 3.05) is 13.2 Å². The van der Waals surface area contributed by atoms with Crippen LogP contribution in [-0.4, -0.2) is 47.6 Å². The van der Waals surface area contributed by atoms with Gasteiger partial charge in [0.25, 0.3) is 0 Å². The van der Waals surface area contributed by atoms with Crippen molar-refractivity contribution in [2.45, 2.75) is 114 Å². The Labute approximate surface area is 181 Å². The Bertz CT molecular complexity index is 531. The molecule has 0 aromatic carbocycles. The number of fused-ring (bicyclic) bond motifs is 1. The molecule has 0 amide bonds. The van der Waals surface area contributed by atoms with Gasteiger partial charge in [-0.3, -0.25) is 0 Å². The van der Waals surface area contributed by atoms with Gasteiger partial charge in [0.1, 0.15) is 0 Å². The van der Waals surface area contributed by atoms with Crippen LogP contribution in [0.3, 0.4) is 0 Å². The first kappa shape index (κ1) is 22.6. The molecule has 4 rings (SSSR count). The van der Waals surface area contributed by atoms with Crippen LogP contribution in [0.2, 0.25) is 0 Å². The minimum Gasteiger partial charge on any atom is -0.785 e.